The summed E-state index contributed by atoms with van der Waals surface area (Å²) in [5.41, 5.74) is -1.97. The summed E-state index contributed by atoms with van der Waals surface area (Å²) in [5, 5.41) is 35.9. The summed E-state index contributed by atoms with van der Waals surface area (Å²) in [7, 11) is 0. The zero-order valence-corrected chi connectivity index (χ0v) is 15.3. The number of nitrogens with one attached hydrogen (secondary N) is 1. The molecule has 0 aliphatic carbocycles. The van der Waals surface area contributed by atoms with Crippen LogP contribution in [0.3, 0.4) is 0 Å². The van der Waals surface area contributed by atoms with Crippen LogP contribution >= 0.6 is 0 Å². The summed E-state index contributed by atoms with van der Waals surface area (Å²) in [4.78, 5) is 22.2. The molecule has 0 spiro atoms. The van der Waals surface area contributed by atoms with Crippen molar-refractivity contribution in [1.82, 2.24) is 19.7 Å². The lowest BCUT2D eigenvalue weighted by atomic mass is 10.0. The quantitative estimate of drug-likeness (QED) is 0.646. The number of amides is 1. The Morgan fingerprint density at radius 3 is 2.89 bits per heavy atom. The van der Waals surface area contributed by atoms with Crippen molar-refractivity contribution < 1.29 is 15.0 Å². The van der Waals surface area contributed by atoms with Gasteiger partial charge < -0.3 is 15.5 Å². The van der Waals surface area contributed by atoms with E-state index >= 15 is 0 Å². The van der Waals surface area contributed by atoms with Crippen molar-refractivity contribution in [3.05, 3.63) is 24.7 Å². The zero-order valence-electron chi connectivity index (χ0n) is 15.3. The van der Waals surface area contributed by atoms with E-state index in [9.17, 15) is 15.0 Å². The molecule has 0 aromatic carbocycles. The van der Waals surface area contributed by atoms with E-state index in [0.29, 0.717) is 11.5 Å². The van der Waals surface area contributed by atoms with E-state index in [0.717, 1.165) is 0 Å². The molecule has 0 saturated carbocycles. The Balaban J connectivity index is 1.83. The molecular formula is C17H21N7O3. The molecule has 1 amide bonds. The summed E-state index contributed by atoms with van der Waals surface area (Å²) in [6.45, 7) is 5.36. The predicted molar refractivity (Wildman–Crippen MR) is 96.1 cm³/mol. The first-order valence-electron chi connectivity index (χ1n) is 8.43. The van der Waals surface area contributed by atoms with Crippen molar-refractivity contribution in [3.8, 4) is 6.07 Å². The molecular weight excluding hydrogens is 350 g/mol. The third-order valence-corrected chi connectivity index (χ3v) is 4.52. The van der Waals surface area contributed by atoms with Crippen LogP contribution in [-0.2, 0) is 10.3 Å². The van der Waals surface area contributed by atoms with Gasteiger partial charge in [-0.1, -0.05) is 0 Å². The fourth-order valence-electron chi connectivity index (χ4n) is 2.89. The van der Waals surface area contributed by atoms with E-state index in [1.54, 1.807) is 36.1 Å². The van der Waals surface area contributed by atoms with Crippen LogP contribution in [0.25, 0.3) is 0 Å². The van der Waals surface area contributed by atoms with Crippen molar-refractivity contribution in [1.29, 1.82) is 5.26 Å². The third-order valence-electron chi connectivity index (χ3n) is 4.52. The molecule has 2 aromatic rings. The molecule has 1 fully saturated rings. The minimum absolute atomic E-state index is 0.0120. The molecule has 0 bridgehead atoms. The number of nitriles is 1. The minimum Gasteiger partial charge on any atom is -0.394 e. The van der Waals surface area contributed by atoms with Gasteiger partial charge in [0, 0.05) is 24.9 Å². The number of rotatable bonds is 5. The molecule has 142 valence electrons. The van der Waals surface area contributed by atoms with Gasteiger partial charge in [0.25, 0.3) is 5.91 Å². The Morgan fingerprint density at radius 1 is 1.52 bits per heavy atom. The van der Waals surface area contributed by atoms with E-state index in [2.05, 4.69) is 20.4 Å². The third kappa shape index (κ3) is 3.34. The molecule has 0 radical (unpaired) electrons. The summed E-state index contributed by atoms with van der Waals surface area (Å²) in [5.74, 6) is -0.167. The first kappa shape index (κ1) is 18.8. The van der Waals surface area contributed by atoms with Crippen LogP contribution < -0.4 is 10.2 Å². The molecule has 10 heteroatoms. The molecule has 2 aromatic heterocycles. The molecule has 0 unspecified atom stereocenters. The topological polar surface area (TPSA) is 140 Å². The second-order valence-corrected chi connectivity index (χ2v) is 7.21. The number of aromatic nitrogens is 4. The average molecular weight is 371 g/mol. The summed E-state index contributed by atoms with van der Waals surface area (Å²) in [6.07, 6.45) is 4.78. The van der Waals surface area contributed by atoms with Gasteiger partial charge in [-0.15, -0.1) is 0 Å². The first-order chi connectivity index (χ1) is 12.7. The Bertz CT molecular complexity index is 904. The largest absolute Gasteiger partial charge is 0.394 e. The molecule has 1 saturated heterocycles. The number of nitrogens with zero attached hydrogens (tertiary/aromatic N) is 6. The van der Waals surface area contributed by atoms with Gasteiger partial charge in [-0.05, 0) is 26.8 Å². The molecule has 10 nitrogen and oxygen atoms in total. The molecule has 3 heterocycles. The van der Waals surface area contributed by atoms with Crippen LogP contribution in [0.15, 0.2) is 24.7 Å². The molecule has 1 aliphatic rings. The first-order valence-corrected chi connectivity index (χ1v) is 8.43. The number of carbonyl (C=O) groups is 1. The van der Waals surface area contributed by atoms with Gasteiger partial charge in [-0.2, -0.15) is 15.3 Å². The van der Waals surface area contributed by atoms with Gasteiger partial charge in [0.2, 0.25) is 11.5 Å². The maximum absolute atomic E-state index is 12.4. The minimum atomic E-state index is -2.03. The van der Waals surface area contributed by atoms with Gasteiger partial charge in [-0.3, -0.25) is 14.4 Å². The van der Waals surface area contributed by atoms with Crippen molar-refractivity contribution in [2.24, 2.45) is 0 Å². The molecule has 3 N–H and O–H groups in total. The van der Waals surface area contributed by atoms with Crippen LogP contribution in [-0.4, -0.2) is 54.1 Å². The fourth-order valence-corrected chi connectivity index (χ4v) is 2.89. The maximum Gasteiger partial charge on any atom is 0.275 e. The van der Waals surface area contributed by atoms with E-state index in [1.807, 2.05) is 13.8 Å². The van der Waals surface area contributed by atoms with Crippen LogP contribution in [0.4, 0.5) is 17.5 Å². The number of hydrogen-bond acceptors (Lipinski definition) is 8. The van der Waals surface area contributed by atoms with Crippen molar-refractivity contribution in [2.75, 3.05) is 16.8 Å². The van der Waals surface area contributed by atoms with E-state index < -0.39 is 17.0 Å². The SMILES string of the molecule is C[C@H]1C[C@](O)(C#N)C(=O)N1c1ccnc(Nc2cnn(C(C)(C)CO)c2)n1. The molecule has 3 rings (SSSR count). The highest BCUT2D eigenvalue weighted by Gasteiger charge is 2.50. The van der Waals surface area contributed by atoms with E-state index in [4.69, 9.17) is 5.26 Å². The second-order valence-electron chi connectivity index (χ2n) is 7.21. The fraction of sp³-hybridized carbons (Fsp3) is 0.471. The Kier molecular flexibility index (Phi) is 4.59. The number of anilines is 3. The highest BCUT2D eigenvalue weighted by Crippen LogP contribution is 2.32. The number of aliphatic hydroxyl groups excluding tert-OH is 1. The van der Waals surface area contributed by atoms with Gasteiger partial charge >= 0.3 is 0 Å². The van der Waals surface area contributed by atoms with Crippen LogP contribution in [0, 0.1) is 11.3 Å². The Morgan fingerprint density at radius 2 is 2.26 bits per heavy atom. The Hall–Kier alpha value is -3.03. The van der Waals surface area contributed by atoms with Crippen LogP contribution in [0.2, 0.25) is 0 Å². The summed E-state index contributed by atoms with van der Waals surface area (Å²) < 4.78 is 1.62. The lowest BCUT2D eigenvalue weighted by Crippen LogP contribution is -2.40. The number of aliphatic hydroxyl groups is 2. The lowest BCUT2D eigenvalue weighted by molar-refractivity contribution is -0.128. The molecule has 2 atom stereocenters. The van der Waals surface area contributed by atoms with Crippen molar-refractivity contribution in [3.63, 3.8) is 0 Å². The number of carbonyl (C=O) groups excluding carboxylic acids is 1. The predicted octanol–water partition coefficient (Wildman–Crippen LogP) is 0.524. The Labute approximate surface area is 156 Å². The smallest absolute Gasteiger partial charge is 0.275 e. The zero-order chi connectivity index (χ0) is 19.8. The molecule has 1 aliphatic heterocycles. The summed E-state index contributed by atoms with van der Waals surface area (Å²) in [6, 6.07) is 2.84. The van der Waals surface area contributed by atoms with Gasteiger partial charge in [0.15, 0.2) is 0 Å². The standard InChI is InChI=1S/C17H21N7O3/c1-11-6-17(27,9-18)14(26)24(11)13-4-5-19-15(22-13)21-12-7-20-23(8-12)16(2,3)10-25/h4-5,7-8,11,25,27H,6,10H2,1-3H3,(H,19,21,22)/t11-,17-/m0/s1. The average Bonchev–Trinajstić information content (AvgIpc) is 3.19. The summed E-state index contributed by atoms with van der Waals surface area (Å²) >= 11 is 0. The normalized spacial score (nSPS) is 22.7. The van der Waals surface area contributed by atoms with Crippen molar-refractivity contribution >= 4 is 23.4 Å². The highest BCUT2D eigenvalue weighted by molar-refractivity contribution is 6.03. The lowest BCUT2D eigenvalue weighted by Gasteiger charge is -2.22. The monoisotopic (exact) mass is 371 g/mol. The van der Waals surface area contributed by atoms with Crippen LogP contribution in [0.5, 0.6) is 0 Å². The van der Waals surface area contributed by atoms with E-state index in [1.165, 1.54) is 11.1 Å². The van der Waals surface area contributed by atoms with Gasteiger partial charge in [0.05, 0.1) is 24.0 Å². The maximum atomic E-state index is 12.4. The van der Waals surface area contributed by atoms with Gasteiger partial charge in [-0.25, -0.2) is 4.98 Å². The highest BCUT2D eigenvalue weighted by atomic mass is 16.3. The molecule has 27 heavy (non-hydrogen) atoms. The van der Waals surface area contributed by atoms with Crippen LogP contribution in [0.1, 0.15) is 27.2 Å². The van der Waals surface area contributed by atoms with Gasteiger partial charge in [0.1, 0.15) is 11.9 Å². The number of hydrogen-bond donors (Lipinski definition) is 3. The second kappa shape index (κ2) is 6.61. The van der Waals surface area contributed by atoms with Crippen molar-refractivity contribution in [2.45, 2.75) is 44.4 Å². The van der Waals surface area contributed by atoms with E-state index in [-0.39, 0.29) is 25.0 Å².